The van der Waals surface area contributed by atoms with E-state index >= 15 is 0 Å². The van der Waals surface area contributed by atoms with Gasteiger partial charge in [0.05, 0.1) is 5.02 Å². The molecule has 13 heavy (non-hydrogen) atoms. The zero-order chi connectivity index (χ0) is 10.2. The fraction of sp³-hybridized carbons (Fsp3) is 0.143. The van der Waals surface area contributed by atoms with Crippen LogP contribution in [-0.2, 0) is 6.18 Å². The van der Waals surface area contributed by atoms with Crippen LogP contribution < -0.4 is 5.73 Å². The van der Waals surface area contributed by atoms with Gasteiger partial charge in [-0.1, -0.05) is 11.6 Å². The van der Waals surface area contributed by atoms with Crippen LogP contribution in [0.15, 0.2) is 12.1 Å². The summed E-state index contributed by atoms with van der Waals surface area (Å²) in [4.78, 5) is 0. The van der Waals surface area contributed by atoms with E-state index in [0.29, 0.717) is 6.07 Å². The van der Waals surface area contributed by atoms with Crippen molar-refractivity contribution in [2.45, 2.75) is 6.18 Å². The van der Waals surface area contributed by atoms with Crippen LogP contribution in [0.1, 0.15) is 5.56 Å². The van der Waals surface area contributed by atoms with Crippen molar-refractivity contribution in [1.82, 2.24) is 0 Å². The fourth-order valence-electron chi connectivity index (χ4n) is 0.836. The zero-order valence-electron chi connectivity index (χ0n) is 6.19. The highest BCUT2D eigenvalue weighted by Gasteiger charge is 2.35. The highest BCUT2D eigenvalue weighted by atomic mass is 35.5. The second-order valence-electron chi connectivity index (χ2n) is 2.40. The van der Waals surface area contributed by atoms with E-state index in [1.807, 2.05) is 0 Å². The Balaban J connectivity index is 3.37. The van der Waals surface area contributed by atoms with Crippen molar-refractivity contribution in [1.29, 1.82) is 0 Å². The number of phenols is 1. The molecule has 0 aromatic heterocycles. The molecule has 6 heteroatoms. The summed E-state index contributed by atoms with van der Waals surface area (Å²) in [6.45, 7) is 0. The maximum Gasteiger partial charge on any atom is 0.420 e. The molecule has 0 bridgehead atoms. The van der Waals surface area contributed by atoms with Crippen LogP contribution in [0.4, 0.5) is 18.9 Å². The minimum Gasteiger partial charge on any atom is -0.506 e. The van der Waals surface area contributed by atoms with Gasteiger partial charge in [0.2, 0.25) is 0 Å². The minimum absolute atomic E-state index is 0.143. The van der Waals surface area contributed by atoms with E-state index in [-0.39, 0.29) is 5.69 Å². The van der Waals surface area contributed by atoms with Crippen LogP contribution in [0.2, 0.25) is 5.02 Å². The summed E-state index contributed by atoms with van der Waals surface area (Å²) >= 11 is 5.30. The van der Waals surface area contributed by atoms with E-state index in [9.17, 15) is 13.2 Å². The Morgan fingerprint density at radius 3 is 2.31 bits per heavy atom. The van der Waals surface area contributed by atoms with Gasteiger partial charge in [-0.15, -0.1) is 0 Å². The highest BCUT2D eigenvalue weighted by Crippen LogP contribution is 2.40. The molecule has 0 unspecified atom stereocenters. The highest BCUT2D eigenvalue weighted by molar-refractivity contribution is 6.32. The number of phenolic OH excluding ortho intramolecular Hbond substituents is 1. The number of hydrogen-bond donors (Lipinski definition) is 2. The molecule has 1 rings (SSSR count). The van der Waals surface area contributed by atoms with E-state index in [4.69, 9.17) is 22.4 Å². The maximum absolute atomic E-state index is 12.1. The van der Waals surface area contributed by atoms with Gasteiger partial charge in [-0.05, 0) is 12.1 Å². The van der Waals surface area contributed by atoms with Crippen LogP contribution in [0.25, 0.3) is 0 Å². The van der Waals surface area contributed by atoms with E-state index in [1.54, 1.807) is 0 Å². The normalized spacial score (nSPS) is 11.7. The van der Waals surface area contributed by atoms with Gasteiger partial charge in [-0.2, -0.15) is 13.2 Å². The third kappa shape index (κ3) is 1.98. The molecular weight excluding hydrogens is 207 g/mol. The Hall–Kier alpha value is -1.10. The summed E-state index contributed by atoms with van der Waals surface area (Å²) in [6, 6.07) is 1.67. The number of nitrogens with two attached hydrogens (primary N) is 1. The molecule has 0 spiro atoms. The molecule has 0 aliphatic heterocycles. The summed E-state index contributed by atoms with van der Waals surface area (Å²) in [5.41, 5.74) is 3.76. The third-order valence-corrected chi connectivity index (χ3v) is 1.68. The molecule has 0 aliphatic carbocycles. The van der Waals surface area contributed by atoms with Gasteiger partial charge < -0.3 is 10.8 Å². The first-order valence-corrected chi connectivity index (χ1v) is 3.55. The number of halogens is 4. The van der Waals surface area contributed by atoms with Crippen LogP contribution in [0.5, 0.6) is 5.75 Å². The van der Waals surface area contributed by atoms with Crippen molar-refractivity contribution >= 4 is 17.3 Å². The molecule has 1 aromatic carbocycles. The van der Waals surface area contributed by atoms with Gasteiger partial charge in [0.25, 0.3) is 0 Å². The fourth-order valence-corrected chi connectivity index (χ4v) is 1.06. The summed E-state index contributed by atoms with van der Waals surface area (Å²) in [5, 5.41) is 8.54. The second-order valence-corrected chi connectivity index (χ2v) is 2.80. The first-order chi connectivity index (χ1) is 5.82. The molecule has 0 saturated carbocycles. The SMILES string of the molecule is Nc1cc(Cl)c(O)c(C(F)(F)F)c1. The Kier molecular flexibility index (Phi) is 2.30. The molecule has 72 valence electrons. The molecule has 1 aromatic rings. The van der Waals surface area contributed by atoms with Gasteiger partial charge in [-0.3, -0.25) is 0 Å². The lowest BCUT2D eigenvalue weighted by molar-refractivity contribution is -0.138. The maximum atomic E-state index is 12.1. The second kappa shape index (κ2) is 2.99. The number of hydrogen-bond acceptors (Lipinski definition) is 2. The molecule has 0 atom stereocenters. The summed E-state index contributed by atoms with van der Waals surface area (Å²) in [6.07, 6.45) is -4.65. The van der Waals surface area contributed by atoms with Crippen molar-refractivity contribution in [3.63, 3.8) is 0 Å². The zero-order valence-corrected chi connectivity index (χ0v) is 6.95. The quantitative estimate of drug-likeness (QED) is 0.512. The van der Waals surface area contributed by atoms with Crippen LogP contribution in [-0.4, -0.2) is 5.11 Å². The predicted octanol–water partition coefficient (Wildman–Crippen LogP) is 2.65. The monoisotopic (exact) mass is 211 g/mol. The van der Waals surface area contributed by atoms with Crippen LogP contribution >= 0.6 is 11.6 Å². The topological polar surface area (TPSA) is 46.2 Å². The summed E-state index contributed by atoms with van der Waals surface area (Å²) in [7, 11) is 0. The van der Waals surface area contributed by atoms with Crippen molar-refractivity contribution in [2.24, 2.45) is 0 Å². The first-order valence-electron chi connectivity index (χ1n) is 3.17. The predicted molar refractivity (Wildman–Crippen MR) is 42.5 cm³/mol. The molecule has 0 heterocycles. The number of nitrogen functional groups attached to an aromatic ring is 1. The molecule has 3 N–H and O–H groups in total. The van der Waals surface area contributed by atoms with Gasteiger partial charge in [0.1, 0.15) is 11.3 Å². The van der Waals surface area contributed by atoms with E-state index in [1.165, 1.54) is 0 Å². The van der Waals surface area contributed by atoms with Crippen LogP contribution in [0.3, 0.4) is 0 Å². The van der Waals surface area contributed by atoms with Crippen molar-refractivity contribution in [3.05, 3.63) is 22.7 Å². The number of anilines is 1. The number of rotatable bonds is 0. The molecule has 0 amide bonds. The molecule has 0 fully saturated rings. The summed E-state index contributed by atoms with van der Waals surface area (Å²) in [5.74, 6) is -0.997. The third-order valence-electron chi connectivity index (χ3n) is 1.39. The number of benzene rings is 1. The number of alkyl halides is 3. The Morgan fingerprint density at radius 1 is 1.31 bits per heavy atom. The van der Waals surface area contributed by atoms with E-state index in [2.05, 4.69) is 0 Å². The van der Waals surface area contributed by atoms with E-state index in [0.717, 1.165) is 6.07 Å². The molecule has 0 aliphatic rings. The lowest BCUT2D eigenvalue weighted by Crippen LogP contribution is -2.06. The van der Waals surface area contributed by atoms with Gasteiger partial charge in [0, 0.05) is 5.69 Å². The standard InChI is InChI=1S/C7H5ClF3NO/c8-5-2-3(12)1-4(6(5)13)7(9,10)11/h1-2,13H,12H2. The Morgan fingerprint density at radius 2 is 1.85 bits per heavy atom. The lowest BCUT2D eigenvalue weighted by atomic mass is 10.1. The van der Waals surface area contributed by atoms with E-state index < -0.39 is 22.5 Å². The van der Waals surface area contributed by atoms with Crippen molar-refractivity contribution in [2.75, 3.05) is 5.73 Å². The molecular formula is C7H5ClF3NO. The Labute approximate surface area is 76.7 Å². The van der Waals surface area contributed by atoms with Gasteiger partial charge in [-0.25, -0.2) is 0 Å². The first kappa shape index (κ1) is 9.98. The number of aromatic hydroxyl groups is 1. The average molecular weight is 212 g/mol. The van der Waals surface area contributed by atoms with Crippen molar-refractivity contribution in [3.8, 4) is 5.75 Å². The largest absolute Gasteiger partial charge is 0.506 e. The Bertz CT molecular complexity index is 337. The average Bonchev–Trinajstić information content (AvgIpc) is 1.94. The smallest absolute Gasteiger partial charge is 0.420 e. The van der Waals surface area contributed by atoms with Crippen LogP contribution in [0, 0.1) is 0 Å². The van der Waals surface area contributed by atoms with Crippen molar-refractivity contribution < 1.29 is 18.3 Å². The van der Waals surface area contributed by atoms with Gasteiger partial charge in [0.15, 0.2) is 0 Å². The minimum atomic E-state index is -4.65. The molecule has 0 radical (unpaired) electrons. The van der Waals surface area contributed by atoms with Gasteiger partial charge >= 0.3 is 6.18 Å². The summed E-state index contributed by atoms with van der Waals surface area (Å²) < 4.78 is 36.4. The molecule has 0 saturated heterocycles. The lowest BCUT2D eigenvalue weighted by Gasteiger charge is -2.10. The molecule has 2 nitrogen and oxygen atoms in total.